The maximum Gasteiger partial charge on any atom is 0.233 e. The Kier molecular flexibility index (Phi) is 7.67. The maximum atomic E-state index is 12.0. The van der Waals surface area contributed by atoms with E-state index in [0.29, 0.717) is 12.2 Å². The van der Waals surface area contributed by atoms with E-state index in [1.807, 2.05) is 48.5 Å². The van der Waals surface area contributed by atoms with Crippen LogP contribution in [0.25, 0.3) is 0 Å². The van der Waals surface area contributed by atoms with E-state index >= 15 is 0 Å². The van der Waals surface area contributed by atoms with Crippen LogP contribution in [0.15, 0.2) is 48.5 Å². The van der Waals surface area contributed by atoms with E-state index in [1.165, 1.54) is 0 Å². The molecule has 0 fully saturated rings. The lowest BCUT2D eigenvalue weighted by Crippen LogP contribution is -2.27. The van der Waals surface area contributed by atoms with Gasteiger partial charge in [-0.1, -0.05) is 12.1 Å². The molecular formula is C21H27N3O3. The molecule has 0 heterocycles. The summed E-state index contributed by atoms with van der Waals surface area (Å²) in [5.41, 5.74) is 2.73. The van der Waals surface area contributed by atoms with Crippen LogP contribution in [0.2, 0.25) is 0 Å². The van der Waals surface area contributed by atoms with Crippen molar-refractivity contribution in [2.45, 2.75) is 26.8 Å². The predicted octanol–water partition coefficient (Wildman–Crippen LogP) is 3.19. The van der Waals surface area contributed by atoms with Crippen LogP contribution in [0, 0.1) is 0 Å². The number of hydrogen-bond acceptors (Lipinski definition) is 4. The number of ether oxygens (including phenoxy) is 1. The normalized spacial score (nSPS) is 10.2. The lowest BCUT2D eigenvalue weighted by molar-refractivity contribution is -0.126. The van der Waals surface area contributed by atoms with Crippen molar-refractivity contribution in [3.8, 4) is 5.75 Å². The maximum absolute atomic E-state index is 12.0. The molecule has 0 saturated heterocycles. The first kappa shape index (κ1) is 20.3. The molecule has 2 N–H and O–H groups in total. The Hall–Kier alpha value is -3.02. The summed E-state index contributed by atoms with van der Waals surface area (Å²) in [6, 6.07) is 15.0. The SMILES string of the molecule is CCN(CC)c1ccc(NC(=O)CC(=O)NCc2ccc(OC)cc2)cc1. The fourth-order valence-corrected chi connectivity index (χ4v) is 2.70. The van der Waals surface area contributed by atoms with Crippen LogP contribution in [-0.2, 0) is 16.1 Å². The van der Waals surface area contributed by atoms with Crippen molar-refractivity contribution in [2.24, 2.45) is 0 Å². The Bertz CT molecular complexity index is 738. The van der Waals surface area contributed by atoms with Crippen molar-refractivity contribution in [2.75, 3.05) is 30.4 Å². The lowest BCUT2D eigenvalue weighted by atomic mass is 10.2. The van der Waals surface area contributed by atoms with Crippen molar-refractivity contribution in [3.05, 3.63) is 54.1 Å². The van der Waals surface area contributed by atoms with E-state index in [0.717, 1.165) is 30.1 Å². The molecule has 6 heteroatoms. The summed E-state index contributed by atoms with van der Waals surface area (Å²) >= 11 is 0. The molecule has 0 aliphatic carbocycles. The van der Waals surface area contributed by atoms with Crippen molar-refractivity contribution in [1.29, 1.82) is 0 Å². The van der Waals surface area contributed by atoms with E-state index < -0.39 is 0 Å². The first-order valence-corrected chi connectivity index (χ1v) is 9.10. The number of carbonyl (C=O) groups is 2. The molecule has 0 saturated carbocycles. The number of nitrogens with one attached hydrogen (secondary N) is 2. The second-order valence-corrected chi connectivity index (χ2v) is 6.07. The third-order valence-electron chi connectivity index (χ3n) is 4.25. The number of carbonyl (C=O) groups excluding carboxylic acids is 2. The van der Waals surface area contributed by atoms with E-state index in [2.05, 4.69) is 29.4 Å². The van der Waals surface area contributed by atoms with Crippen LogP contribution in [0.4, 0.5) is 11.4 Å². The van der Waals surface area contributed by atoms with Gasteiger partial charge in [0.1, 0.15) is 12.2 Å². The van der Waals surface area contributed by atoms with Gasteiger partial charge < -0.3 is 20.3 Å². The minimum absolute atomic E-state index is 0.214. The molecule has 27 heavy (non-hydrogen) atoms. The second kappa shape index (κ2) is 10.2. The molecule has 2 rings (SSSR count). The molecular weight excluding hydrogens is 342 g/mol. The fraction of sp³-hybridized carbons (Fsp3) is 0.333. The third kappa shape index (κ3) is 6.33. The van der Waals surface area contributed by atoms with E-state index in [1.54, 1.807) is 7.11 Å². The monoisotopic (exact) mass is 369 g/mol. The van der Waals surface area contributed by atoms with Crippen LogP contribution in [0.3, 0.4) is 0 Å². The highest BCUT2D eigenvalue weighted by Gasteiger charge is 2.10. The Labute approximate surface area is 160 Å². The van der Waals surface area contributed by atoms with Crippen LogP contribution >= 0.6 is 0 Å². The topological polar surface area (TPSA) is 70.7 Å². The fourth-order valence-electron chi connectivity index (χ4n) is 2.70. The average Bonchev–Trinajstić information content (AvgIpc) is 2.69. The Morgan fingerprint density at radius 1 is 0.926 bits per heavy atom. The molecule has 0 aliphatic heterocycles. The number of methoxy groups -OCH3 is 1. The van der Waals surface area contributed by atoms with Gasteiger partial charge in [-0.05, 0) is 55.8 Å². The third-order valence-corrected chi connectivity index (χ3v) is 4.25. The molecule has 0 aromatic heterocycles. The van der Waals surface area contributed by atoms with E-state index in [-0.39, 0.29) is 18.2 Å². The van der Waals surface area contributed by atoms with Gasteiger partial charge in [0.2, 0.25) is 11.8 Å². The van der Waals surface area contributed by atoms with Gasteiger partial charge in [-0.25, -0.2) is 0 Å². The summed E-state index contributed by atoms with van der Waals surface area (Å²) in [6.45, 7) is 6.43. The molecule has 0 atom stereocenters. The second-order valence-electron chi connectivity index (χ2n) is 6.07. The van der Waals surface area contributed by atoms with Crippen molar-refractivity contribution in [1.82, 2.24) is 5.32 Å². The van der Waals surface area contributed by atoms with E-state index in [4.69, 9.17) is 4.74 Å². The molecule has 2 aromatic rings. The van der Waals surface area contributed by atoms with Crippen LogP contribution in [-0.4, -0.2) is 32.0 Å². The van der Waals surface area contributed by atoms with Crippen LogP contribution in [0.1, 0.15) is 25.8 Å². The Morgan fingerprint density at radius 3 is 2.11 bits per heavy atom. The summed E-state index contributed by atoms with van der Waals surface area (Å²) < 4.78 is 5.09. The molecule has 144 valence electrons. The van der Waals surface area contributed by atoms with E-state index in [9.17, 15) is 9.59 Å². The highest BCUT2D eigenvalue weighted by Crippen LogP contribution is 2.17. The first-order chi connectivity index (χ1) is 13.0. The number of hydrogen-bond donors (Lipinski definition) is 2. The molecule has 0 unspecified atom stereocenters. The smallest absolute Gasteiger partial charge is 0.233 e. The molecule has 2 aromatic carbocycles. The number of nitrogens with zero attached hydrogens (tertiary/aromatic N) is 1. The molecule has 0 aliphatic rings. The summed E-state index contributed by atoms with van der Waals surface area (Å²) in [6.07, 6.45) is -0.214. The van der Waals surface area contributed by atoms with Crippen molar-refractivity contribution < 1.29 is 14.3 Å². The molecule has 2 amide bonds. The minimum atomic E-state index is -0.335. The Balaban J connectivity index is 1.79. The van der Waals surface area contributed by atoms with Gasteiger partial charge in [-0.2, -0.15) is 0 Å². The number of anilines is 2. The predicted molar refractivity (Wildman–Crippen MR) is 108 cm³/mol. The summed E-state index contributed by atoms with van der Waals surface area (Å²) in [7, 11) is 1.60. The molecule has 0 bridgehead atoms. The van der Waals surface area contributed by atoms with Gasteiger partial charge in [0.05, 0.1) is 7.11 Å². The van der Waals surface area contributed by atoms with Crippen molar-refractivity contribution >= 4 is 23.2 Å². The highest BCUT2D eigenvalue weighted by atomic mass is 16.5. The zero-order valence-electron chi connectivity index (χ0n) is 16.1. The number of benzene rings is 2. The Morgan fingerprint density at radius 2 is 1.56 bits per heavy atom. The molecule has 6 nitrogen and oxygen atoms in total. The van der Waals surface area contributed by atoms with Gasteiger partial charge in [-0.15, -0.1) is 0 Å². The van der Waals surface area contributed by atoms with Crippen molar-refractivity contribution in [3.63, 3.8) is 0 Å². The largest absolute Gasteiger partial charge is 0.497 e. The average molecular weight is 369 g/mol. The lowest BCUT2D eigenvalue weighted by Gasteiger charge is -2.21. The zero-order chi connectivity index (χ0) is 19.6. The highest BCUT2D eigenvalue weighted by molar-refractivity contribution is 6.03. The number of amides is 2. The molecule has 0 spiro atoms. The standard InChI is InChI=1S/C21H27N3O3/c1-4-24(5-2)18-10-8-17(9-11-18)23-21(26)14-20(25)22-15-16-6-12-19(27-3)13-7-16/h6-13H,4-5,14-15H2,1-3H3,(H,22,25)(H,23,26). The molecule has 0 radical (unpaired) electrons. The first-order valence-electron chi connectivity index (χ1n) is 9.10. The van der Waals surface area contributed by atoms with Gasteiger partial charge in [0.25, 0.3) is 0 Å². The zero-order valence-corrected chi connectivity index (χ0v) is 16.1. The number of rotatable bonds is 9. The van der Waals surface area contributed by atoms with Crippen LogP contribution < -0.4 is 20.3 Å². The van der Waals surface area contributed by atoms with Gasteiger partial charge in [-0.3, -0.25) is 9.59 Å². The van der Waals surface area contributed by atoms with Gasteiger partial charge >= 0.3 is 0 Å². The van der Waals surface area contributed by atoms with Crippen LogP contribution in [0.5, 0.6) is 5.75 Å². The van der Waals surface area contributed by atoms with Gasteiger partial charge in [0, 0.05) is 31.0 Å². The van der Waals surface area contributed by atoms with Gasteiger partial charge in [0.15, 0.2) is 0 Å². The quantitative estimate of drug-likeness (QED) is 0.666. The summed E-state index contributed by atoms with van der Waals surface area (Å²) in [5.74, 6) is 0.109. The summed E-state index contributed by atoms with van der Waals surface area (Å²) in [5, 5.41) is 5.50. The summed E-state index contributed by atoms with van der Waals surface area (Å²) in [4.78, 5) is 26.2. The minimum Gasteiger partial charge on any atom is -0.497 e.